The summed E-state index contributed by atoms with van der Waals surface area (Å²) in [5, 5.41) is 3.45. The van der Waals surface area contributed by atoms with Gasteiger partial charge in [-0.05, 0) is 80.1 Å². The Kier molecular flexibility index (Phi) is 6.11. The van der Waals surface area contributed by atoms with E-state index >= 15 is 0 Å². The molecule has 0 saturated heterocycles. The molecule has 0 fully saturated rings. The molecular weight excluding hydrogens is 378 g/mol. The summed E-state index contributed by atoms with van der Waals surface area (Å²) in [5.74, 6) is 0. The van der Waals surface area contributed by atoms with E-state index in [2.05, 4.69) is 86.6 Å². The molecule has 3 heteroatoms. The van der Waals surface area contributed by atoms with Crippen LogP contribution in [0.3, 0.4) is 0 Å². The van der Waals surface area contributed by atoms with E-state index in [0.29, 0.717) is 0 Å². The third kappa shape index (κ3) is 4.64. The van der Waals surface area contributed by atoms with Crippen LogP contribution in [0.1, 0.15) is 30.9 Å². The number of anilines is 1. The SMILES string of the molecule is CCCCc1ccc(NCc2ccc(Br)c(Br)c2)cc1. The molecule has 0 amide bonds. The van der Waals surface area contributed by atoms with Gasteiger partial charge in [0.05, 0.1) is 0 Å². The Bertz CT molecular complexity index is 549. The molecule has 0 aliphatic carbocycles. The number of hydrogen-bond donors (Lipinski definition) is 1. The van der Waals surface area contributed by atoms with Crippen LogP contribution in [-0.4, -0.2) is 0 Å². The third-order valence-corrected chi connectivity index (χ3v) is 5.13. The first-order chi connectivity index (χ1) is 9.69. The first-order valence-electron chi connectivity index (χ1n) is 6.96. The van der Waals surface area contributed by atoms with Crippen molar-refractivity contribution in [3.63, 3.8) is 0 Å². The molecule has 0 radical (unpaired) electrons. The highest BCUT2D eigenvalue weighted by Gasteiger charge is 1.99. The smallest absolute Gasteiger partial charge is 0.0401 e. The molecule has 2 aromatic rings. The Morgan fingerprint density at radius 2 is 1.60 bits per heavy atom. The fourth-order valence-corrected chi connectivity index (χ4v) is 2.70. The summed E-state index contributed by atoms with van der Waals surface area (Å²) in [4.78, 5) is 0. The normalized spacial score (nSPS) is 10.6. The number of nitrogens with one attached hydrogen (secondary N) is 1. The lowest BCUT2D eigenvalue weighted by Gasteiger charge is -2.08. The molecule has 0 aliphatic heterocycles. The zero-order valence-corrected chi connectivity index (χ0v) is 14.8. The molecule has 2 aromatic carbocycles. The second kappa shape index (κ2) is 7.84. The lowest BCUT2D eigenvalue weighted by atomic mass is 10.1. The van der Waals surface area contributed by atoms with Crippen molar-refractivity contribution in [1.82, 2.24) is 0 Å². The second-order valence-corrected chi connectivity index (χ2v) is 6.61. The van der Waals surface area contributed by atoms with Crippen LogP contribution in [-0.2, 0) is 13.0 Å². The van der Waals surface area contributed by atoms with E-state index in [1.54, 1.807) is 0 Å². The van der Waals surface area contributed by atoms with Gasteiger partial charge in [-0.25, -0.2) is 0 Å². The predicted molar refractivity (Wildman–Crippen MR) is 94.2 cm³/mol. The highest BCUT2D eigenvalue weighted by atomic mass is 79.9. The zero-order valence-electron chi connectivity index (χ0n) is 11.6. The van der Waals surface area contributed by atoms with Crippen LogP contribution in [0.2, 0.25) is 0 Å². The molecule has 0 bridgehead atoms. The Morgan fingerprint density at radius 1 is 0.900 bits per heavy atom. The molecule has 0 unspecified atom stereocenters. The van der Waals surface area contributed by atoms with Gasteiger partial charge < -0.3 is 5.32 Å². The number of hydrogen-bond acceptors (Lipinski definition) is 1. The fraction of sp³-hybridized carbons (Fsp3) is 0.294. The van der Waals surface area contributed by atoms with E-state index in [4.69, 9.17) is 0 Å². The lowest BCUT2D eigenvalue weighted by Crippen LogP contribution is -1.99. The van der Waals surface area contributed by atoms with Gasteiger partial charge in [-0.1, -0.05) is 31.5 Å². The summed E-state index contributed by atoms with van der Waals surface area (Å²) in [6.07, 6.45) is 3.69. The van der Waals surface area contributed by atoms with E-state index in [9.17, 15) is 0 Å². The van der Waals surface area contributed by atoms with Crippen LogP contribution in [0.4, 0.5) is 5.69 Å². The number of rotatable bonds is 6. The maximum atomic E-state index is 3.53. The van der Waals surface area contributed by atoms with Crippen molar-refractivity contribution >= 4 is 37.5 Å². The standard InChI is InChI=1S/C17H19Br2N/c1-2-3-4-13-5-8-15(9-6-13)20-12-14-7-10-16(18)17(19)11-14/h5-11,20H,2-4,12H2,1H3. The Labute approximate surface area is 138 Å². The third-order valence-electron chi connectivity index (χ3n) is 3.25. The van der Waals surface area contributed by atoms with Gasteiger partial charge in [-0.3, -0.25) is 0 Å². The lowest BCUT2D eigenvalue weighted by molar-refractivity contribution is 0.795. The summed E-state index contributed by atoms with van der Waals surface area (Å²) in [5.41, 5.74) is 3.85. The fourth-order valence-electron chi connectivity index (χ4n) is 2.02. The molecule has 0 atom stereocenters. The minimum Gasteiger partial charge on any atom is -0.381 e. The molecular formula is C17H19Br2N. The van der Waals surface area contributed by atoms with Gasteiger partial charge in [0, 0.05) is 21.2 Å². The van der Waals surface area contributed by atoms with Gasteiger partial charge in [-0.15, -0.1) is 0 Å². The van der Waals surface area contributed by atoms with Gasteiger partial charge in [0.25, 0.3) is 0 Å². The van der Waals surface area contributed by atoms with Gasteiger partial charge in [0.2, 0.25) is 0 Å². The predicted octanol–water partition coefficient (Wildman–Crippen LogP) is 6.17. The van der Waals surface area contributed by atoms with E-state index in [1.807, 2.05) is 0 Å². The number of benzene rings is 2. The van der Waals surface area contributed by atoms with E-state index in [0.717, 1.165) is 15.5 Å². The van der Waals surface area contributed by atoms with Crippen molar-refractivity contribution in [3.8, 4) is 0 Å². The molecule has 0 aromatic heterocycles. The zero-order chi connectivity index (χ0) is 14.4. The summed E-state index contributed by atoms with van der Waals surface area (Å²) < 4.78 is 2.17. The van der Waals surface area contributed by atoms with Gasteiger partial charge in [0.15, 0.2) is 0 Å². The highest BCUT2D eigenvalue weighted by molar-refractivity contribution is 9.13. The average molecular weight is 397 g/mol. The monoisotopic (exact) mass is 395 g/mol. The molecule has 2 rings (SSSR count). The van der Waals surface area contributed by atoms with Crippen LogP contribution >= 0.6 is 31.9 Å². The van der Waals surface area contributed by atoms with Crippen molar-refractivity contribution in [3.05, 3.63) is 62.5 Å². The van der Waals surface area contributed by atoms with Crippen molar-refractivity contribution in [2.24, 2.45) is 0 Å². The summed E-state index contributed by atoms with van der Waals surface area (Å²) in [7, 11) is 0. The van der Waals surface area contributed by atoms with Crippen LogP contribution in [0.25, 0.3) is 0 Å². The van der Waals surface area contributed by atoms with Crippen LogP contribution in [0, 0.1) is 0 Å². The minimum atomic E-state index is 0.834. The van der Waals surface area contributed by atoms with Gasteiger partial charge >= 0.3 is 0 Å². The van der Waals surface area contributed by atoms with Gasteiger partial charge in [-0.2, -0.15) is 0 Å². The number of aryl methyl sites for hydroxylation is 1. The van der Waals surface area contributed by atoms with Crippen molar-refractivity contribution in [2.75, 3.05) is 5.32 Å². The van der Waals surface area contributed by atoms with Crippen LogP contribution in [0.5, 0.6) is 0 Å². The van der Waals surface area contributed by atoms with Gasteiger partial charge in [0.1, 0.15) is 0 Å². The molecule has 1 N–H and O–H groups in total. The first-order valence-corrected chi connectivity index (χ1v) is 8.54. The summed E-state index contributed by atoms with van der Waals surface area (Å²) >= 11 is 7.02. The topological polar surface area (TPSA) is 12.0 Å². The highest BCUT2D eigenvalue weighted by Crippen LogP contribution is 2.24. The molecule has 1 nitrogen and oxygen atoms in total. The number of halogens is 2. The minimum absolute atomic E-state index is 0.834. The Balaban J connectivity index is 1.91. The molecule has 0 heterocycles. The Hall–Kier alpha value is -0.800. The average Bonchev–Trinajstić information content (AvgIpc) is 2.47. The quantitative estimate of drug-likeness (QED) is 0.615. The molecule has 0 saturated carbocycles. The van der Waals surface area contributed by atoms with Crippen molar-refractivity contribution in [2.45, 2.75) is 32.7 Å². The van der Waals surface area contributed by atoms with Crippen LogP contribution < -0.4 is 5.32 Å². The van der Waals surface area contributed by atoms with Crippen molar-refractivity contribution in [1.29, 1.82) is 0 Å². The van der Waals surface area contributed by atoms with Crippen molar-refractivity contribution < 1.29 is 0 Å². The number of unbranched alkanes of at least 4 members (excludes halogenated alkanes) is 1. The summed E-state index contributed by atoms with van der Waals surface area (Å²) in [6.45, 7) is 3.06. The Morgan fingerprint density at radius 3 is 2.25 bits per heavy atom. The molecule has 106 valence electrons. The van der Waals surface area contributed by atoms with E-state index in [1.165, 1.54) is 36.1 Å². The first kappa shape index (κ1) is 15.6. The second-order valence-electron chi connectivity index (χ2n) is 4.90. The molecule has 0 aliphatic rings. The maximum Gasteiger partial charge on any atom is 0.0401 e. The largest absolute Gasteiger partial charge is 0.381 e. The maximum absolute atomic E-state index is 3.53. The molecule has 20 heavy (non-hydrogen) atoms. The van der Waals surface area contributed by atoms with E-state index < -0.39 is 0 Å². The molecule has 0 spiro atoms. The summed E-state index contributed by atoms with van der Waals surface area (Å²) in [6, 6.07) is 15.1. The van der Waals surface area contributed by atoms with E-state index in [-0.39, 0.29) is 0 Å². The van der Waals surface area contributed by atoms with Crippen LogP contribution in [0.15, 0.2) is 51.4 Å².